The molecule has 162 valence electrons. The number of hydrogen-bond acceptors (Lipinski definition) is 4. The predicted octanol–water partition coefficient (Wildman–Crippen LogP) is 5.45. The lowest BCUT2D eigenvalue weighted by molar-refractivity contribution is -0.384. The molecule has 0 aromatic heterocycles. The SMILES string of the molecule is CC(=O)Nc1cc2c3c(c1)[C@@H]1C=CC[C@@H]1[C@H](c1cccc([N+](=O)[O-])c1)N3C[C@H]1CC=C[C@@H]21. The first kappa shape index (κ1) is 19.3. The Morgan fingerprint density at radius 3 is 2.62 bits per heavy atom. The fourth-order valence-electron chi connectivity index (χ4n) is 6.45. The van der Waals surface area contributed by atoms with Gasteiger partial charge in [0.05, 0.1) is 11.0 Å². The van der Waals surface area contributed by atoms with Crippen LogP contribution in [0.2, 0.25) is 0 Å². The zero-order chi connectivity index (χ0) is 22.0. The van der Waals surface area contributed by atoms with Crippen LogP contribution in [-0.4, -0.2) is 17.4 Å². The molecule has 0 radical (unpaired) electrons. The summed E-state index contributed by atoms with van der Waals surface area (Å²) in [5, 5.41) is 14.5. The third kappa shape index (κ3) is 2.82. The van der Waals surface area contributed by atoms with Gasteiger partial charge in [0.15, 0.2) is 0 Å². The minimum absolute atomic E-state index is 0.0628. The minimum atomic E-state index is -0.303. The molecule has 2 aromatic rings. The first-order valence-electron chi connectivity index (χ1n) is 11.3. The third-order valence-electron chi connectivity index (χ3n) is 7.59. The molecule has 6 heteroatoms. The van der Waals surface area contributed by atoms with E-state index < -0.39 is 0 Å². The summed E-state index contributed by atoms with van der Waals surface area (Å²) in [7, 11) is 0. The number of nitrogens with zero attached hydrogens (tertiary/aromatic N) is 2. The Kier molecular flexibility index (Phi) is 4.25. The van der Waals surface area contributed by atoms with Gasteiger partial charge in [-0.25, -0.2) is 0 Å². The highest BCUT2D eigenvalue weighted by Crippen LogP contribution is 2.59. The summed E-state index contributed by atoms with van der Waals surface area (Å²) in [6, 6.07) is 11.6. The number of fused-ring (bicyclic) bond motifs is 4. The van der Waals surface area contributed by atoms with Crippen LogP contribution in [0.5, 0.6) is 0 Å². The Morgan fingerprint density at radius 1 is 1.09 bits per heavy atom. The maximum Gasteiger partial charge on any atom is 0.269 e. The lowest BCUT2D eigenvalue weighted by atomic mass is 9.70. The van der Waals surface area contributed by atoms with Crippen molar-refractivity contribution in [3.8, 4) is 0 Å². The van der Waals surface area contributed by atoms with Gasteiger partial charge in [-0.2, -0.15) is 0 Å². The van der Waals surface area contributed by atoms with E-state index in [1.54, 1.807) is 19.1 Å². The summed E-state index contributed by atoms with van der Waals surface area (Å²) < 4.78 is 0. The van der Waals surface area contributed by atoms with Gasteiger partial charge in [0.2, 0.25) is 5.91 Å². The van der Waals surface area contributed by atoms with Gasteiger partial charge in [-0.15, -0.1) is 0 Å². The smallest absolute Gasteiger partial charge is 0.269 e. The van der Waals surface area contributed by atoms with Gasteiger partial charge in [-0.05, 0) is 53.5 Å². The molecule has 32 heavy (non-hydrogen) atoms. The van der Waals surface area contributed by atoms with Crippen molar-refractivity contribution in [2.45, 2.75) is 37.6 Å². The average Bonchev–Trinajstić information content (AvgIpc) is 3.43. The van der Waals surface area contributed by atoms with Crippen molar-refractivity contribution in [2.24, 2.45) is 11.8 Å². The summed E-state index contributed by atoms with van der Waals surface area (Å²) in [5.74, 6) is 1.32. The fraction of sp³-hybridized carbons (Fsp3) is 0.346. The molecular weight excluding hydrogens is 402 g/mol. The van der Waals surface area contributed by atoms with Crippen molar-refractivity contribution in [3.63, 3.8) is 0 Å². The zero-order valence-corrected chi connectivity index (χ0v) is 17.9. The molecular formula is C26H25N3O3. The number of rotatable bonds is 3. The van der Waals surface area contributed by atoms with E-state index in [1.807, 2.05) is 12.1 Å². The van der Waals surface area contributed by atoms with Gasteiger partial charge in [-0.1, -0.05) is 36.4 Å². The molecule has 2 heterocycles. The van der Waals surface area contributed by atoms with Crippen LogP contribution in [0.1, 0.15) is 54.3 Å². The van der Waals surface area contributed by atoms with Crippen LogP contribution >= 0.6 is 0 Å². The molecule has 0 unspecified atom stereocenters. The molecule has 0 saturated carbocycles. The highest BCUT2D eigenvalue weighted by molar-refractivity contribution is 5.90. The Morgan fingerprint density at radius 2 is 1.84 bits per heavy atom. The van der Waals surface area contributed by atoms with Crippen molar-refractivity contribution in [1.29, 1.82) is 0 Å². The second kappa shape index (κ2) is 7.05. The number of allylic oxidation sites excluding steroid dienone is 4. The van der Waals surface area contributed by atoms with Crippen molar-refractivity contribution >= 4 is 23.0 Å². The molecule has 0 fully saturated rings. The maximum absolute atomic E-state index is 11.8. The summed E-state index contributed by atoms with van der Waals surface area (Å²) in [5.41, 5.74) is 5.83. The van der Waals surface area contributed by atoms with E-state index in [-0.39, 0.29) is 28.5 Å². The number of amides is 1. The first-order valence-corrected chi connectivity index (χ1v) is 11.3. The number of nitro benzene ring substituents is 1. The Balaban J connectivity index is 1.56. The van der Waals surface area contributed by atoms with Gasteiger partial charge in [0, 0.05) is 48.8 Å². The number of non-ortho nitro benzene ring substituents is 1. The number of carbonyl (C=O) groups excluding carboxylic acids is 1. The molecule has 6 rings (SSSR count). The normalized spacial score (nSPS) is 28.8. The molecule has 6 nitrogen and oxygen atoms in total. The molecule has 0 bridgehead atoms. The molecule has 2 aliphatic carbocycles. The second-order valence-corrected chi connectivity index (χ2v) is 9.44. The molecule has 2 aliphatic heterocycles. The van der Waals surface area contributed by atoms with Crippen molar-refractivity contribution in [2.75, 3.05) is 16.8 Å². The Bertz CT molecular complexity index is 1180. The maximum atomic E-state index is 11.8. The number of benzene rings is 2. The number of nitro groups is 1. The number of nitrogens with one attached hydrogen (secondary N) is 1. The molecule has 2 aromatic carbocycles. The Labute approximate surface area is 186 Å². The van der Waals surface area contributed by atoms with Crippen LogP contribution in [0.3, 0.4) is 0 Å². The predicted molar refractivity (Wildman–Crippen MR) is 124 cm³/mol. The summed E-state index contributed by atoms with van der Waals surface area (Å²) in [6.07, 6.45) is 11.1. The molecule has 0 spiro atoms. The zero-order valence-electron chi connectivity index (χ0n) is 17.9. The summed E-state index contributed by atoms with van der Waals surface area (Å²) >= 11 is 0. The topological polar surface area (TPSA) is 75.5 Å². The molecule has 1 amide bonds. The van der Waals surface area contributed by atoms with Gasteiger partial charge in [-0.3, -0.25) is 14.9 Å². The van der Waals surface area contributed by atoms with Crippen molar-refractivity contribution in [3.05, 3.63) is 87.5 Å². The van der Waals surface area contributed by atoms with Gasteiger partial charge < -0.3 is 10.2 Å². The van der Waals surface area contributed by atoms with Gasteiger partial charge in [0.1, 0.15) is 0 Å². The average molecular weight is 428 g/mol. The third-order valence-corrected chi connectivity index (χ3v) is 7.59. The quantitative estimate of drug-likeness (QED) is 0.402. The van der Waals surface area contributed by atoms with E-state index in [1.165, 1.54) is 16.8 Å². The van der Waals surface area contributed by atoms with Crippen LogP contribution in [0.15, 0.2) is 60.7 Å². The molecule has 4 aliphatic rings. The van der Waals surface area contributed by atoms with E-state index in [4.69, 9.17) is 0 Å². The largest absolute Gasteiger partial charge is 0.363 e. The van der Waals surface area contributed by atoms with Crippen LogP contribution in [0.25, 0.3) is 0 Å². The summed E-state index contributed by atoms with van der Waals surface area (Å²) in [6.45, 7) is 2.49. The second-order valence-electron chi connectivity index (χ2n) is 9.44. The number of anilines is 2. The van der Waals surface area contributed by atoms with Crippen LogP contribution < -0.4 is 10.2 Å². The van der Waals surface area contributed by atoms with Gasteiger partial charge in [0.25, 0.3) is 5.69 Å². The molecule has 1 N–H and O–H groups in total. The van der Waals surface area contributed by atoms with E-state index in [0.29, 0.717) is 17.8 Å². The molecule has 0 saturated heterocycles. The highest BCUT2D eigenvalue weighted by Gasteiger charge is 2.48. The van der Waals surface area contributed by atoms with E-state index in [2.05, 4.69) is 46.7 Å². The lowest BCUT2D eigenvalue weighted by Gasteiger charge is -2.51. The van der Waals surface area contributed by atoms with E-state index >= 15 is 0 Å². The number of hydrogen-bond donors (Lipinski definition) is 1. The fourth-order valence-corrected chi connectivity index (χ4v) is 6.45. The molecule has 5 atom stereocenters. The van der Waals surface area contributed by atoms with Crippen molar-refractivity contribution < 1.29 is 9.72 Å². The monoisotopic (exact) mass is 427 g/mol. The minimum Gasteiger partial charge on any atom is -0.363 e. The van der Waals surface area contributed by atoms with Crippen LogP contribution in [-0.2, 0) is 4.79 Å². The lowest BCUT2D eigenvalue weighted by Crippen LogP contribution is -2.46. The first-order chi connectivity index (χ1) is 15.5. The Hall–Kier alpha value is -3.41. The highest BCUT2D eigenvalue weighted by atomic mass is 16.6. The van der Waals surface area contributed by atoms with Crippen molar-refractivity contribution in [1.82, 2.24) is 0 Å². The van der Waals surface area contributed by atoms with Gasteiger partial charge >= 0.3 is 0 Å². The van der Waals surface area contributed by atoms with E-state index in [9.17, 15) is 14.9 Å². The van der Waals surface area contributed by atoms with Crippen LogP contribution in [0, 0.1) is 22.0 Å². The standard InChI is InChI=1S/C26H25N3O3/c1-15(30)27-18-12-23-20-8-3-6-17(20)14-28-25(16-5-2-7-19(11-16)29(31)32)22-10-4-9-21(22)24(13-18)26(23)28/h2-5,7-9,11-13,17,20-22,25H,6,10,14H2,1H3,(H,27,30)/t17-,20-,21-,22+,25+/m1/s1. The number of carbonyl (C=O) groups is 1. The van der Waals surface area contributed by atoms with E-state index in [0.717, 1.165) is 30.6 Å². The van der Waals surface area contributed by atoms with Crippen LogP contribution in [0.4, 0.5) is 17.1 Å². The summed E-state index contributed by atoms with van der Waals surface area (Å²) in [4.78, 5) is 25.5.